The lowest BCUT2D eigenvalue weighted by molar-refractivity contribution is -0.157. The van der Waals surface area contributed by atoms with Crippen molar-refractivity contribution in [2.75, 3.05) is 26.2 Å². The Kier molecular flexibility index (Phi) is 5.34. The van der Waals surface area contributed by atoms with Crippen LogP contribution in [-0.2, 0) is 19.1 Å². The van der Waals surface area contributed by atoms with E-state index in [4.69, 9.17) is 0 Å². The summed E-state index contributed by atoms with van der Waals surface area (Å²) in [5, 5.41) is 2.24. The van der Waals surface area contributed by atoms with Gasteiger partial charge in [0, 0.05) is 13.0 Å². The molecule has 0 saturated carbocycles. The van der Waals surface area contributed by atoms with Crippen LogP contribution in [0.15, 0.2) is 0 Å². The molecule has 0 spiro atoms. The first-order valence-corrected chi connectivity index (χ1v) is 6.00. The summed E-state index contributed by atoms with van der Waals surface area (Å²) >= 11 is 0. The Morgan fingerprint density at radius 3 is 2.65 bits per heavy atom. The van der Waals surface area contributed by atoms with Gasteiger partial charge < -0.3 is 15.0 Å². The van der Waals surface area contributed by atoms with Gasteiger partial charge in [-0.3, -0.25) is 14.4 Å². The fourth-order valence-corrected chi connectivity index (χ4v) is 1.83. The normalized spacial score (nSPS) is 19.1. The second kappa shape index (κ2) is 6.58. The maximum Gasteiger partial charge on any atom is 0.406 e. The third-order valence-electron chi connectivity index (χ3n) is 2.67. The van der Waals surface area contributed by atoms with Crippen LogP contribution in [0.3, 0.4) is 0 Å². The molecule has 1 aliphatic heterocycles. The molecule has 0 aromatic carbocycles. The van der Waals surface area contributed by atoms with E-state index in [1.165, 1.54) is 0 Å². The van der Waals surface area contributed by atoms with Gasteiger partial charge in [-0.15, -0.1) is 0 Å². The van der Waals surface area contributed by atoms with Crippen LogP contribution in [0.2, 0.25) is 0 Å². The van der Waals surface area contributed by atoms with E-state index in [0.29, 0.717) is 4.90 Å². The highest BCUT2D eigenvalue weighted by Gasteiger charge is 2.40. The number of esters is 1. The first kappa shape index (κ1) is 16.3. The summed E-state index contributed by atoms with van der Waals surface area (Å²) < 4.78 is 41.2. The highest BCUT2D eigenvalue weighted by atomic mass is 19.4. The molecule has 1 unspecified atom stereocenters. The summed E-state index contributed by atoms with van der Waals surface area (Å²) in [4.78, 5) is 34.6. The fraction of sp³-hybridized carbons (Fsp3) is 0.727. The number of halogens is 3. The number of alkyl halides is 3. The molecule has 114 valence electrons. The summed E-state index contributed by atoms with van der Waals surface area (Å²) in [5.41, 5.74) is 0. The molecule has 1 saturated heterocycles. The van der Waals surface area contributed by atoms with Crippen LogP contribution in [0.25, 0.3) is 0 Å². The lowest BCUT2D eigenvalue weighted by Gasteiger charge is -2.18. The van der Waals surface area contributed by atoms with E-state index in [0.717, 1.165) is 0 Å². The number of nitrogens with zero attached hydrogens (tertiary/aromatic N) is 1. The zero-order valence-electron chi connectivity index (χ0n) is 10.8. The van der Waals surface area contributed by atoms with E-state index < -0.39 is 36.4 Å². The van der Waals surface area contributed by atoms with Crippen molar-refractivity contribution < 1.29 is 32.3 Å². The van der Waals surface area contributed by atoms with Crippen molar-refractivity contribution in [3.63, 3.8) is 0 Å². The number of carbonyl (C=O) groups is 3. The number of hydrogen-bond acceptors (Lipinski definition) is 4. The average Bonchev–Trinajstić information content (AvgIpc) is 2.66. The molecule has 1 rings (SSSR count). The van der Waals surface area contributed by atoms with Crippen molar-refractivity contribution in [3.8, 4) is 0 Å². The molecule has 1 fully saturated rings. The lowest BCUT2D eigenvalue weighted by Crippen LogP contribution is -2.38. The number of rotatable bonds is 5. The predicted molar refractivity (Wildman–Crippen MR) is 60.4 cm³/mol. The average molecular weight is 296 g/mol. The number of amides is 2. The second-order valence-electron chi connectivity index (χ2n) is 4.31. The van der Waals surface area contributed by atoms with E-state index in [9.17, 15) is 27.6 Å². The Balaban J connectivity index is 2.44. The van der Waals surface area contributed by atoms with Crippen molar-refractivity contribution in [1.29, 1.82) is 0 Å². The Labute approximate surface area is 113 Å². The number of ether oxygens (including phenoxy) is 1. The smallest absolute Gasteiger partial charge is 0.406 e. The van der Waals surface area contributed by atoms with Gasteiger partial charge in [0.05, 0.1) is 12.5 Å². The molecule has 1 N–H and O–H groups in total. The van der Waals surface area contributed by atoms with E-state index in [2.05, 4.69) is 10.1 Å². The van der Waals surface area contributed by atoms with Crippen LogP contribution in [0, 0.1) is 5.92 Å². The molecule has 0 radical (unpaired) electrons. The number of carbonyl (C=O) groups excluding carboxylic acids is 3. The van der Waals surface area contributed by atoms with Gasteiger partial charge in [0.15, 0.2) is 0 Å². The molecule has 20 heavy (non-hydrogen) atoms. The summed E-state index contributed by atoms with van der Waals surface area (Å²) in [6.07, 6.45) is -4.78. The molecular formula is C11H15F3N2O4. The Morgan fingerprint density at radius 1 is 1.45 bits per heavy atom. The monoisotopic (exact) mass is 296 g/mol. The van der Waals surface area contributed by atoms with Gasteiger partial charge >= 0.3 is 12.1 Å². The van der Waals surface area contributed by atoms with E-state index >= 15 is 0 Å². The molecule has 1 atom stereocenters. The second-order valence-corrected chi connectivity index (χ2v) is 4.31. The standard InChI is InChI=1S/C11H15F3N2O4/c1-2-20-9(18)4-15-10(19)7-3-8(17)16(5-7)6-11(12,13)14/h7H,2-6H2,1H3,(H,15,19). The first-order chi connectivity index (χ1) is 9.23. The van der Waals surface area contributed by atoms with E-state index in [-0.39, 0.29) is 26.1 Å². The SMILES string of the molecule is CCOC(=O)CNC(=O)C1CC(=O)N(CC(F)(F)F)C1. The van der Waals surface area contributed by atoms with Crippen LogP contribution < -0.4 is 5.32 Å². The van der Waals surface area contributed by atoms with Gasteiger partial charge in [-0.2, -0.15) is 13.2 Å². The van der Waals surface area contributed by atoms with E-state index in [1.54, 1.807) is 6.92 Å². The fourth-order valence-electron chi connectivity index (χ4n) is 1.83. The lowest BCUT2D eigenvalue weighted by atomic mass is 10.1. The van der Waals surface area contributed by atoms with Crippen LogP contribution in [0.4, 0.5) is 13.2 Å². The van der Waals surface area contributed by atoms with Gasteiger partial charge in [-0.05, 0) is 6.92 Å². The number of nitrogens with one attached hydrogen (secondary N) is 1. The van der Waals surface area contributed by atoms with Gasteiger partial charge in [0.1, 0.15) is 13.1 Å². The molecule has 9 heteroatoms. The zero-order chi connectivity index (χ0) is 15.3. The summed E-state index contributed by atoms with van der Waals surface area (Å²) in [6, 6.07) is 0. The highest BCUT2D eigenvalue weighted by molar-refractivity contribution is 5.90. The molecule has 1 heterocycles. The zero-order valence-corrected chi connectivity index (χ0v) is 10.8. The van der Waals surface area contributed by atoms with Gasteiger partial charge in [-0.25, -0.2) is 0 Å². The van der Waals surface area contributed by atoms with Gasteiger partial charge in [-0.1, -0.05) is 0 Å². The molecule has 2 amide bonds. The summed E-state index contributed by atoms with van der Waals surface area (Å²) in [6.45, 7) is -0.266. The third kappa shape index (κ3) is 5.06. The maximum atomic E-state index is 12.2. The number of likely N-dealkylation sites (tertiary alicyclic amines) is 1. The Hall–Kier alpha value is -1.80. The molecule has 0 aliphatic carbocycles. The van der Waals surface area contributed by atoms with E-state index in [1.807, 2.05) is 0 Å². The topological polar surface area (TPSA) is 75.7 Å². The van der Waals surface area contributed by atoms with Gasteiger partial charge in [0.2, 0.25) is 11.8 Å². The minimum atomic E-state index is -4.49. The minimum absolute atomic E-state index is 0.163. The molecule has 0 aromatic heterocycles. The number of hydrogen-bond donors (Lipinski definition) is 1. The predicted octanol–water partition coefficient (Wildman–Crippen LogP) is 0.0765. The first-order valence-electron chi connectivity index (χ1n) is 6.00. The molecule has 1 aliphatic rings. The van der Waals surface area contributed by atoms with Crippen molar-refractivity contribution >= 4 is 17.8 Å². The Morgan fingerprint density at radius 2 is 2.10 bits per heavy atom. The van der Waals surface area contributed by atoms with Crippen LogP contribution in [0.1, 0.15) is 13.3 Å². The molecular weight excluding hydrogens is 281 g/mol. The van der Waals surface area contributed by atoms with Crippen molar-refractivity contribution in [2.24, 2.45) is 5.92 Å². The third-order valence-corrected chi connectivity index (χ3v) is 2.67. The van der Waals surface area contributed by atoms with Crippen molar-refractivity contribution in [3.05, 3.63) is 0 Å². The van der Waals surface area contributed by atoms with Crippen LogP contribution in [0.5, 0.6) is 0 Å². The Bertz CT molecular complexity index is 398. The largest absolute Gasteiger partial charge is 0.465 e. The van der Waals surface area contributed by atoms with Crippen LogP contribution in [-0.4, -0.2) is 55.1 Å². The quantitative estimate of drug-likeness (QED) is 0.729. The molecule has 6 nitrogen and oxygen atoms in total. The van der Waals surface area contributed by atoms with Crippen molar-refractivity contribution in [2.45, 2.75) is 19.5 Å². The van der Waals surface area contributed by atoms with Crippen molar-refractivity contribution in [1.82, 2.24) is 10.2 Å². The molecule has 0 aromatic rings. The minimum Gasteiger partial charge on any atom is -0.465 e. The van der Waals surface area contributed by atoms with Gasteiger partial charge in [0.25, 0.3) is 0 Å². The maximum absolute atomic E-state index is 12.2. The summed E-state index contributed by atoms with van der Waals surface area (Å²) in [7, 11) is 0. The molecule has 0 bridgehead atoms. The van der Waals surface area contributed by atoms with Crippen LogP contribution >= 0.6 is 0 Å². The highest BCUT2D eigenvalue weighted by Crippen LogP contribution is 2.23. The summed E-state index contributed by atoms with van der Waals surface area (Å²) in [5.74, 6) is -2.87.